The Labute approximate surface area is 120 Å². The number of benzene rings is 1. The molecule has 1 aromatic carbocycles. The minimum absolute atomic E-state index is 0.0214. The summed E-state index contributed by atoms with van der Waals surface area (Å²) in [4.78, 5) is 0. The number of aliphatic hydroxyl groups is 1. The maximum Gasteiger partial charge on any atom is 0.123 e. The topological polar surface area (TPSA) is 45.4 Å². The minimum atomic E-state index is -0.160. The predicted molar refractivity (Wildman–Crippen MR) is 80.5 cm³/mol. The fourth-order valence-electron chi connectivity index (χ4n) is 2.11. The molecule has 0 spiro atoms. The summed E-state index contributed by atoms with van der Waals surface area (Å²) in [7, 11) is 0. The van der Waals surface area contributed by atoms with Crippen LogP contribution in [0.2, 0.25) is 0 Å². The smallest absolute Gasteiger partial charge is 0.123 e. The molecule has 0 radical (unpaired) electrons. The highest BCUT2D eigenvalue weighted by molar-refractivity contribution is 5.27. The van der Waals surface area contributed by atoms with Crippen molar-refractivity contribution in [3.8, 4) is 0 Å². The van der Waals surface area contributed by atoms with Gasteiger partial charge in [-0.05, 0) is 28.7 Å². The molecule has 3 heteroatoms. The van der Waals surface area contributed by atoms with E-state index in [4.69, 9.17) is 4.42 Å². The summed E-state index contributed by atoms with van der Waals surface area (Å²) in [5, 5.41) is 12.7. The van der Waals surface area contributed by atoms with E-state index in [2.05, 4.69) is 50.4 Å². The molecule has 20 heavy (non-hydrogen) atoms. The first-order valence-corrected chi connectivity index (χ1v) is 6.98. The molecule has 2 rings (SSSR count). The second-order valence-electron chi connectivity index (χ2n) is 6.08. The van der Waals surface area contributed by atoms with E-state index in [0.29, 0.717) is 6.54 Å². The molecule has 1 heterocycles. The van der Waals surface area contributed by atoms with E-state index >= 15 is 0 Å². The maximum absolute atomic E-state index is 9.40. The van der Waals surface area contributed by atoms with Crippen LogP contribution in [0.5, 0.6) is 0 Å². The van der Waals surface area contributed by atoms with Gasteiger partial charge in [0.05, 0.1) is 18.9 Å². The van der Waals surface area contributed by atoms with Gasteiger partial charge in [-0.3, -0.25) is 0 Å². The molecule has 1 unspecified atom stereocenters. The summed E-state index contributed by atoms with van der Waals surface area (Å²) in [5.74, 6) is 0.763. The first-order valence-electron chi connectivity index (χ1n) is 6.98. The van der Waals surface area contributed by atoms with Crippen molar-refractivity contribution < 1.29 is 9.52 Å². The predicted octanol–water partition coefficient (Wildman–Crippen LogP) is 3.40. The van der Waals surface area contributed by atoms with Crippen molar-refractivity contribution in [2.24, 2.45) is 0 Å². The van der Waals surface area contributed by atoms with E-state index < -0.39 is 0 Å². The van der Waals surface area contributed by atoms with Gasteiger partial charge < -0.3 is 14.8 Å². The van der Waals surface area contributed by atoms with E-state index in [1.165, 1.54) is 11.1 Å². The van der Waals surface area contributed by atoms with Gasteiger partial charge in [-0.15, -0.1) is 0 Å². The SMILES string of the molecule is CC(C)(C)c1ccc(CNC(CO)c2ccco2)cc1. The van der Waals surface area contributed by atoms with Crippen molar-refractivity contribution in [1.82, 2.24) is 5.32 Å². The van der Waals surface area contributed by atoms with E-state index in [0.717, 1.165) is 5.76 Å². The van der Waals surface area contributed by atoms with Crippen LogP contribution in [0, 0.1) is 0 Å². The lowest BCUT2D eigenvalue weighted by atomic mass is 9.87. The molecule has 1 aromatic heterocycles. The number of aliphatic hydroxyl groups excluding tert-OH is 1. The van der Waals surface area contributed by atoms with E-state index in [1.54, 1.807) is 6.26 Å². The molecule has 3 nitrogen and oxygen atoms in total. The molecular weight excluding hydrogens is 250 g/mol. The van der Waals surface area contributed by atoms with Crippen LogP contribution >= 0.6 is 0 Å². The second kappa shape index (κ2) is 6.25. The molecule has 0 aliphatic rings. The second-order valence-corrected chi connectivity index (χ2v) is 6.08. The maximum atomic E-state index is 9.40. The summed E-state index contributed by atoms with van der Waals surface area (Å²) in [6.07, 6.45) is 1.62. The zero-order chi connectivity index (χ0) is 14.6. The van der Waals surface area contributed by atoms with Crippen LogP contribution in [-0.4, -0.2) is 11.7 Å². The molecule has 0 aliphatic heterocycles. The van der Waals surface area contributed by atoms with Crippen LogP contribution in [0.15, 0.2) is 47.1 Å². The Hall–Kier alpha value is -1.58. The Morgan fingerprint density at radius 3 is 2.35 bits per heavy atom. The third kappa shape index (κ3) is 3.71. The van der Waals surface area contributed by atoms with Crippen molar-refractivity contribution in [3.05, 3.63) is 59.5 Å². The Morgan fingerprint density at radius 2 is 1.85 bits per heavy atom. The molecule has 0 fully saturated rings. The lowest BCUT2D eigenvalue weighted by molar-refractivity contribution is 0.225. The van der Waals surface area contributed by atoms with Gasteiger partial charge >= 0.3 is 0 Å². The molecule has 108 valence electrons. The fourth-order valence-corrected chi connectivity index (χ4v) is 2.11. The molecule has 2 N–H and O–H groups in total. The van der Waals surface area contributed by atoms with Gasteiger partial charge in [-0.2, -0.15) is 0 Å². The zero-order valence-corrected chi connectivity index (χ0v) is 12.4. The van der Waals surface area contributed by atoms with Gasteiger partial charge in [-0.25, -0.2) is 0 Å². The van der Waals surface area contributed by atoms with Crippen LogP contribution in [0.4, 0.5) is 0 Å². The summed E-state index contributed by atoms with van der Waals surface area (Å²) in [6.45, 7) is 7.35. The molecule has 1 atom stereocenters. The molecule has 0 saturated heterocycles. The summed E-state index contributed by atoms with van der Waals surface area (Å²) in [5.41, 5.74) is 2.70. The standard InChI is InChI=1S/C17H23NO2/c1-17(2,3)14-8-6-13(7-9-14)11-18-15(12-19)16-5-4-10-20-16/h4-10,15,18-19H,11-12H2,1-3H3. The van der Waals surface area contributed by atoms with Crippen LogP contribution in [-0.2, 0) is 12.0 Å². The third-order valence-corrected chi connectivity index (χ3v) is 3.44. The molecule has 0 saturated carbocycles. The van der Waals surface area contributed by atoms with E-state index in [-0.39, 0.29) is 18.1 Å². The van der Waals surface area contributed by atoms with Crippen LogP contribution in [0.1, 0.15) is 43.7 Å². The highest BCUT2D eigenvalue weighted by Crippen LogP contribution is 2.22. The fraction of sp³-hybridized carbons (Fsp3) is 0.412. The first-order chi connectivity index (χ1) is 9.50. The number of hydrogen-bond acceptors (Lipinski definition) is 3. The van der Waals surface area contributed by atoms with Crippen molar-refractivity contribution in [2.45, 2.75) is 38.8 Å². The molecule has 0 amide bonds. The summed E-state index contributed by atoms with van der Waals surface area (Å²) < 4.78 is 5.32. The number of nitrogens with one attached hydrogen (secondary N) is 1. The first kappa shape index (κ1) is 14.8. The largest absolute Gasteiger partial charge is 0.468 e. The van der Waals surface area contributed by atoms with Crippen LogP contribution < -0.4 is 5.32 Å². The number of rotatable bonds is 5. The molecule has 0 aliphatic carbocycles. The number of furan rings is 1. The highest BCUT2D eigenvalue weighted by atomic mass is 16.3. The monoisotopic (exact) mass is 273 g/mol. The van der Waals surface area contributed by atoms with Crippen molar-refractivity contribution in [2.75, 3.05) is 6.61 Å². The van der Waals surface area contributed by atoms with E-state index in [1.807, 2.05) is 12.1 Å². The molecule has 0 bridgehead atoms. The van der Waals surface area contributed by atoms with Gasteiger partial charge in [0, 0.05) is 6.54 Å². The van der Waals surface area contributed by atoms with Crippen LogP contribution in [0.3, 0.4) is 0 Å². The lowest BCUT2D eigenvalue weighted by Crippen LogP contribution is -2.23. The quantitative estimate of drug-likeness (QED) is 0.877. The lowest BCUT2D eigenvalue weighted by Gasteiger charge is -2.19. The van der Waals surface area contributed by atoms with E-state index in [9.17, 15) is 5.11 Å². The number of hydrogen-bond donors (Lipinski definition) is 2. The van der Waals surface area contributed by atoms with Gasteiger partial charge in [0.1, 0.15) is 5.76 Å². The highest BCUT2D eigenvalue weighted by Gasteiger charge is 2.14. The van der Waals surface area contributed by atoms with Crippen molar-refractivity contribution in [3.63, 3.8) is 0 Å². The third-order valence-electron chi connectivity index (χ3n) is 3.44. The Kier molecular flexibility index (Phi) is 4.63. The summed E-state index contributed by atoms with van der Waals surface area (Å²) in [6, 6.07) is 12.1. The van der Waals surface area contributed by atoms with Gasteiger partial charge in [0.2, 0.25) is 0 Å². The van der Waals surface area contributed by atoms with Crippen molar-refractivity contribution >= 4 is 0 Å². The minimum Gasteiger partial charge on any atom is -0.468 e. The average molecular weight is 273 g/mol. The average Bonchev–Trinajstić information content (AvgIpc) is 2.93. The zero-order valence-electron chi connectivity index (χ0n) is 12.4. The van der Waals surface area contributed by atoms with Gasteiger partial charge in [0.25, 0.3) is 0 Å². The molecular formula is C17H23NO2. The normalized spacial score (nSPS) is 13.4. The summed E-state index contributed by atoms with van der Waals surface area (Å²) >= 11 is 0. The van der Waals surface area contributed by atoms with Gasteiger partial charge in [0.15, 0.2) is 0 Å². The molecule has 2 aromatic rings. The Morgan fingerprint density at radius 1 is 1.15 bits per heavy atom. The van der Waals surface area contributed by atoms with Crippen LogP contribution in [0.25, 0.3) is 0 Å². The Bertz CT molecular complexity index is 509. The van der Waals surface area contributed by atoms with Crippen molar-refractivity contribution in [1.29, 1.82) is 0 Å². The Balaban J connectivity index is 1.97. The van der Waals surface area contributed by atoms with Gasteiger partial charge in [-0.1, -0.05) is 45.0 Å².